The molecule has 3 aromatic rings. The summed E-state index contributed by atoms with van der Waals surface area (Å²) in [7, 11) is 0. The second kappa shape index (κ2) is 9.59. The maximum Gasteiger partial charge on any atom is 0.337 e. The molecule has 3 aromatic carbocycles. The predicted octanol–water partition coefficient (Wildman–Crippen LogP) is 8.95. The number of hydrogen-bond acceptors (Lipinski definition) is 4. The Kier molecular flexibility index (Phi) is 7.71. The molecule has 0 saturated carbocycles. The van der Waals surface area contributed by atoms with Crippen LogP contribution in [-0.2, 0) is 0 Å². The van der Waals surface area contributed by atoms with Crippen LogP contribution in [0.25, 0.3) is 0 Å². The molecule has 1 atom stereocenters. The van der Waals surface area contributed by atoms with E-state index in [1.807, 2.05) is 67.8 Å². The van der Waals surface area contributed by atoms with Crippen molar-refractivity contribution in [1.82, 2.24) is 0 Å². The van der Waals surface area contributed by atoms with E-state index in [-0.39, 0.29) is 17.1 Å². The molecule has 1 aliphatic heterocycles. The number of carboxylic acids is 1. The molecule has 12 heteroatoms. The van der Waals surface area contributed by atoms with Crippen molar-refractivity contribution in [3.05, 3.63) is 69.1 Å². The molecule has 1 unspecified atom stereocenters. The van der Waals surface area contributed by atoms with Crippen LogP contribution in [0.3, 0.4) is 0 Å². The molecule has 166 valence electrons. The van der Waals surface area contributed by atoms with Crippen molar-refractivity contribution >= 4 is 137 Å². The Morgan fingerprint density at radius 3 is 2.09 bits per heavy atom. The second-order valence-electron chi connectivity index (χ2n) is 6.64. The third kappa shape index (κ3) is 4.04. The van der Waals surface area contributed by atoms with Gasteiger partial charge >= 0.3 is 5.97 Å². The Morgan fingerprint density at radius 2 is 1.47 bits per heavy atom. The van der Waals surface area contributed by atoms with E-state index < -0.39 is 11.9 Å². The molecule has 32 heavy (non-hydrogen) atoms. The van der Waals surface area contributed by atoms with Gasteiger partial charge in [0.05, 0.1) is 16.3 Å². The van der Waals surface area contributed by atoms with Crippen molar-refractivity contribution in [1.29, 1.82) is 0 Å². The molecular weight excluding hydrogens is 1020 g/mol. The predicted molar refractivity (Wildman–Crippen MR) is 160 cm³/mol. The summed E-state index contributed by atoms with van der Waals surface area (Å²) < 4.78 is 9.97. The van der Waals surface area contributed by atoms with Crippen LogP contribution in [0, 0.1) is 10.7 Å². The summed E-state index contributed by atoms with van der Waals surface area (Å²) >= 11 is 20.1. The van der Waals surface area contributed by atoms with Gasteiger partial charge in [0.1, 0.15) is 23.0 Å². The fourth-order valence-electron chi connectivity index (χ4n) is 3.53. The van der Waals surface area contributed by atoms with Gasteiger partial charge in [0.15, 0.2) is 0 Å². The van der Waals surface area contributed by atoms with Gasteiger partial charge in [-0.05, 0) is 149 Å². The van der Waals surface area contributed by atoms with E-state index in [1.165, 1.54) is 0 Å². The zero-order valence-corrected chi connectivity index (χ0v) is 27.9. The number of aromatic hydroxyl groups is 2. The first-order chi connectivity index (χ1) is 15.0. The van der Waals surface area contributed by atoms with Gasteiger partial charge in [-0.3, -0.25) is 0 Å². The van der Waals surface area contributed by atoms with Crippen molar-refractivity contribution < 1.29 is 24.9 Å². The molecule has 3 N–H and O–H groups in total. The summed E-state index contributed by atoms with van der Waals surface area (Å²) in [6.45, 7) is 0. The van der Waals surface area contributed by atoms with Crippen molar-refractivity contribution in [2.45, 2.75) is 5.92 Å². The summed E-state index contributed by atoms with van der Waals surface area (Å²) in [5.74, 6) is -0.702. The topological polar surface area (TPSA) is 87.0 Å². The lowest BCUT2D eigenvalue weighted by atomic mass is 9.80. The first-order valence-corrected chi connectivity index (χ1v) is 14.9. The number of halogens is 7. The number of fused-ring (bicyclic) bond motifs is 2. The number of carboxylic acid groups (broad SMARTS) is 1. The van der Waals surface area contributed by atoms with E-state index in [9.17, 15) is 20.1 Å². The molecule has 0 amide bonds. The maximum atomic E-state index is 12.4. The van der Waals surface area contributed by atoms with Gasteiger partial charge in [0.2, 0.25) is 0 Å². The maximum absolute atomic E-state index is 12.4. The molecule has 0 radical (unpaired) electrons. The molecule has 0 saturated heterocycles. The van der Waals surface area contributed by atoms with Gasteiger partial charge in [-0.25, -0.2) is 4.79 Å². The number of aromatic carboxylic acids is 1. The van der Waals surface area contributed by atoms with Crippen molar-refractivity contribution in [2.24, 2.45) is 0 Å². The van der Waals surface area contributed by atoms with E-state index in [4.69, 9.17) is 4.74 Å². The highest BCUT2D eigenvalue weighted by atomic mass is 127. The quantitative estimate of drug-likeness (QED) is 0.106. The second-order valence-corrected chi connectivity index (χ2v) is 13.1. The Hall–Kier alpha value is 0.640. The number of phenolic OH excluding ortho intramolecular Hbond substituents is 2. The summed E-state index contributed by atoms with van der Waals surface area (Å²) in [4.78, 5) is 12.4. The van der Waals surface area contributed by atoms with Crippen LogP contribution < -0.4 is 4.74 Å². The van der Waals surface area contributed by atoms with E-state index in [1.54, 1.807) is 18.2 Å². The number of ether oxygens (including phenoxy) is 1. The highest BCUT2D eigenvalue weighted by Crippen LogP contribution is 2.57. The molecule has 1 aliphatic rings. The summed E-state index contributed by atoms with van der Waals surface area (Å²) in [5.41, 5.74) is 1.98. The molecule has 0 aromatic heterocycles. The molecule has 0 aliphatic carbocycles. The Morgan fingerprint density at radius 1 is 0.875 bits per heavy atom. The van der Waals surface area contributed by atoms with Crippen LogP contribution in [0.5, 0.6) is 23.0 Å². The summed E-state index contributed by atoms with van der Waals surface area (Å²) in [6, 6.07) is 5.09. The van der Waals surface area contributed by atoms with Crippen LogP contribution in [0.1, 0.15) is 33.0 Å². The molecule has 5 nitrogen and oxygen atoms in total. The van der Waals surface area contributed by atoms with Gasteiger partial charge in [-0.15, -0.1) is 0 Å². The number of rotatable bonds is 2. The van der Waals surface area contributed by atoms with Crippen LogP contribution >= 0.6 is 131 Å². The van der Waals surface area contributed by atoms with Gasteiger partial charge in [0, 0.05) is 34.9 Å². The largest absolute Gasteiger partial charge is 0.507 e. The third-order valence-corrected chi connectivity index (χ3v) is 12.6. The van der Waals surface area contributed by atoms with Crippen molar-refractivity contribution in [3.63, 3.8) is 0 Å². The van der Waals surface area contributed by atoms with Crippen molar-refractivity contribution in [3.8, 4) is 23.0 Å². The fraction of sp³-hybridized carbons (Fsp3) is 0.0500. The number of phenols is 2. The first-order valence-electron chi connectivity index (χ1n) is 8.46. The fourth-order valence-corrected chi connectivity index (χ4v) is 8.51. The summed E-state index contributed by atoms with van der Waals surface area (Å²) in [5, 5.41) is 31.0. The molecule has 0 fully saturated rings. The average Bonchev–Trinajstić information content (AvgIpc) is 2.75. The molecule has 1 heterocycles. The minimum atomic E-state index is -1.10. The van der Waals surface area contributed by atoms with Crippen molar-refractivity contribution in [2.75, 3.05) is 0 Å². The molecule has 0 bridgehead atoms. The normalized spacial score (nSPS) is 14.5. The van der Waals surface area contributed by atoms with Crippen LogP contribution in [0.15, 0.2) is 36.1 Å². The Labute approximate surface area is 256 Å². The number of hydrogen-bond donors (Lipinski definition) is 3. The van der Waals surface area contributed by atoms with E-state index in [2.05, 4.69) is 63.7 Å². The van der Waals surface area contributed by atoms with Crippen LogP contribution in [0.2, 0.25) is 0 Å². The van der Waals surface area contributed by atoms with Gasteiger partial charge in [-0.1, -0.05) is 6.07 Å². The van der Waals surface area contributed by atoms with Gasteiger partial charge in [-0.2, -0.15) is 0 Å². The van der Waals surface area contributed by atoms with Gasteiger partial charge < -0.3 is 20.1 Å². The minimum Gasteiger partial charge on any atom is -0.507 e. The first kappa shape index (κ1) is 25.7. The monoisotopic (exact) mass is 1020 g/mol. The lowest BCUT2D eigenvalue weighted by Gasteiger charge is -2.32. The van der Waals surface area contributed by atoms with E-state index >= 15 is 0 Å². The van der Waals surface area contributed by atoms with E-state index in [0.717, 1.165) is 0 Å². The molecular formula is C20H7Br4I3O5. The number of benzene rings is 3. The average molecular weight is 1030 g/mol. The zero-order valence-electron chi connectivity index (χ0n) is 15.1. The Bertz CT molecular complexity index is 1350. The van der Waals surface area contributed by atoms with Gasteiger partial charge in [0.25, 0.3) is 0 Å². The third-order valence-electron chi connectivity index (χ3n) is 4.92. The molecule has 4 rings (SSSR count). The summed E-state index contributed by atoms with van der Waals surface area (Å²) in [6.07, 6.45) is 0. The van der Waals surface area contributed by atoms with Crippen LogP contribution in [0.4, 0.5) is 0 Å². The SMILES string of the molecule is O=C(O)c1c(Br)c(Br)c(Br)c(Br)c1C1c2ccc(O)c(I)c2Oc2c1cc(I)c(O)c2I. The smallest absolute Gasteiger partial charge is 0.337 e. The van der Waals surface area contributed by atoms with Crippen LogP contribution in [-0.4, -0.2) is 21.3 Å². The standard InChI is InChI=1S/C20H7Br4I3O5/c21-11-9(10(20(30)31)12(22)14(24)13(11)23)8-4-1-2-7(28)15(26)18(4)32-19-5(8)3-6(25)17(29)16(19)27/h1-3,8,28-29H,(H,30,31). The minimum absolute atomic E-state index is 0.0481. The Balaban J connectivity index is 2.21. The molecule has 0 spiro atoms. The highest BCUT2D eigenvalue weighted by molar-refractivity contribution is 14.1. The lowest BCUT2D eigenvalue weighted by Crippen LogP contribution is -2.18. The lowest BCUT2D eigenvalue weighted by molar-refractivity contribution is 0.0694. The number of carbonyl (C=O) groups is 1. The highest BCUT2D eigenvalue weighted by Gasteiger charge is 2.38. The van der Waals surface area contributed by atoms with E-state index in [0.29, 0.717) is 56.8 Å². The zero-order chi connectivity index (χ0) is 23.6.